The van der Waals surface area contributed by atoms with E-state index in [0.717, 1.165) is 0 Å². The van der Waals surface area contributed by atoms with E-state index in [-0.39, 0.29) is 12.1 Å². The fourth-order valence-corrected chi connectivity index (χ4v) is 0.741. The molecule has 0 saturated carbocycles. The second-order valence-electron chi connectivity index (χ2n) is 1.92. The van der Waals surface area contributed by atoms with E-state index in [1.54, 1.807) is 7.11 Å². The number of carbonyl (C=O) groups excluding carboxylic acids is 1. The molecule has 4 heteroatoms. The molecule has 0 spiro atoms. The van der Waals surface area contributed by atoms with Gasteiger partial charge in [0.15, 0.2) is 0 Å². The topological polar surface area (TPSA) is 50.4 Å². The molecule has 0 aromatic heterocycles. The van der Waals surface area contributed by atoms with E-state index in [9.17, 15) is 4.79 Å². The van der Waals surface area contributed by atoms with Crippen molar-refractivity contribution in [1.29, 1.82) is 0 Å². The Bertz CT molecular complexity index is 116. The highest BCUT2D eigenvalue weighted by molar-refractivity contribution is 5.78. The Morgan fingerprint density at radius 3 is 3.00 bits per heavy atom. The first-order valence-electron chi connectivity index (χ1n) is 2.86. The number of methoxy groups -OCH3 is 1. The van der Waals surface area contributed by atoms with Crippen molar-refractivity contribution in [2.24, 2.45) is 0 Å². The van der Waals surface area contributed by atoms with Crippen LogP contribution in [-0.4, -0.2) is 32.3 Å². The molecule has 1 unspecified atom stereocenters. The average Bonchev–Trinajstić information content (AvgIpc) is 1.88. The number of rotatable bonds is 1. The van der Waals surface area contributed by atoms with Crippen molar-refractivity contribution in [3.05, 3.63) is 0 Å². The van der Waals surface area contributed by atoms with Crippen LogP contribution in [0.5, 0.6) is 0 Å². The maximum Gasteiger partial charge on any atom is 0.235 e. The van der Waals surface area contributed by atoms with Crippen molar-refractivity contribution in [3.63, 3.8) is 0 Å². The lowest BCUT2D eigenvalue weighted by molar-refractivity contribution is -0.126. The van der Waals surface area contributed by atoms with Gasteiger partial charge in [-0.3, -0.25) is 4.79 Å². The maximum atomic E-state index is 10.6. The number of piperazine rings is 1. The zero-order chi connectivity index (χ0) is 6.69. The quantitative estimate of drug-likeness (QED) is 0.463. The number of carbonyl (C=O) groups is 1. The Hall–Kier alpha value is -0.610. The second-order valence-corrected chi connectivity index (χ2v) is 1.92. The Morgan fingerprint density at radius 1 is 1.78 bits per heavy atom. The van der Waals surface area contributed by atoms with E-state index >= 15 is 0 Å². The minimum Gasteiger partial charge on any atom is -0.360 e. The van der Waals surface area contributed by atoms with Gasteiger partial charge in [-0.1, -0.05) is 0 Å². The molecule has 1 rings (SSSR count). The third-order valence-corrected chi connectivity index (χ3v) is 1.22. The Balaban J connectivity index is 2.32. The predicted octanol–water partition coefficient (Wildman–Crippen LogP) is -1.32. The summed E-state index contributed by atoms with van der Waals surface area (Å²) in [7, 11) is 1.57. The van der Waals surface area contributed by atoms with Crippen molar-refractivity contribution in [1.82, 2.24) is 10.6 Å². The first-order valence-corrected chi connectivity index (χ1v) is 2.86. The first-order chi connectivity index (χ1) is 4.33. The lowest BCUT2D eigenvalue weighted by Crippen LogP contribution is -2.52. The van der Waals surface area contributed by atoms with Crippen LogP contribution in [0.2, 0.25) is 0 Å². The largest absolute Gasteiger partial charge is 0.360 e. The molecule has 1 heterocycles. The van der Waals surface area contributed by atoms with Gasteiger partial charge >= 0.3 is 0 Å². The normalized spacial score (nSPS) is 27.7. The van der Waals surface area contributed by atoms with E-state index in [4.69, 9.17) is 4.74 Å². The van der Waals surface area contributed by atoms with E-state index in [1.807, 2.05) is 0 Å². The highest BCUT2D eigenvalue weighted by Crippen LogP contribution is 1.86. The third-order valence-electron chi connectivity index (χ3n) is 1.22. The smallest absolute Gasteiger partial charge is 0.235 e. The number of hydrogen-bond acceptors (Lipinski definition) is 3. The molecule has 0 aliphatic carbocycles. The van der Waals surface area contributed by atoms with Crippen molar-refractivity contribution >= 4 is 5.91 Å². The van der Waals surface area contributed by atoms with Crippen molar-refractivity contribution in [3.8, 4) is 0 Å². The van der Waals surface area contributed by atoms with Crippen molar-refractivity contribution < 1.29 is 9.53 Å². The van der Waals surface area contributed by atoms with Crippen LogP contribution >= 0.6 is 0 Å². The van der Waals surface area contributed by atoms with Gasteiger partial charge in [0.25, 0.3) is 0 Å². The summed E-state index contributed by atoms with van der Waals surface area (Å²) >= 11 is 0. The van der Waals surface area contributed by atoms with Gasteiger partial charge in [0.05, 0.1) is 6.54 Å². The maximum absolute atomic E-state index is 10.6. The summed E-state index contributed by atoms with van der Waals surface area (Å²) in [5.74, 6) is -0.00639. The number of ether oxygens (including phenoxy) is 1. The van der Waals surface area contributed by atoms with Gasteiger partial charge < -0.3 is 15.4 Å². The lowest BCUT2D eigenvalue weighted by Gasteiger charge is -2.22. The van der Waals surface area contributed by atoms with Crippen LogP contribution in [0.1, 0.15) is 0 Å². The molecule has 1 saturated heterocycles. The SMILES string of the molecule is COC1CNCC(=O)N1. The van der Waals surface area contributed by atoms with Gasteiger partial charge in [-0.15, -0.1) is 0 Å². The summed E-state index contributed by atoms with van der Waals surface area (Å²) in [6.07, 6.45) is -0.147. The summed E-state index contributed by atoms with van der Waals surface area (Å²) in [4.78, 5) is 10.6. The Morgan fingerprint density at radius 2 is 2.56 bits per heavy atom. The van der Waals surface area contributed by atoms with Gasteiger partial charge in [0.1, 0.15) is 6.23 Å². The van der Waals surface area contributed by atoms with Gasteiger partial charge in [-0.2, -0.15) is 0 Å². The third kappa shape index (κ3) is 1.65. The predicted molar refractivity (Wildman–Crippen MR) is 31.8 cm³/mol. The van der Waals surface area contributed by atoms with E-state index in [1.165, 1.54) is 0 Å². The minimum atomic E-state index is -0.147. The molecule has 1 atom stereocenters. The molecule has 1 fully saturated rings. The van der Waals surface area contributed by atoms with Crippen molar-refractivity contribution in [2.75, 3.05) is 20.2 Å². The summed E-state index contributed by atoms with van der Waals surface area (Å²) in [5, 5.41) is 5.54. The van der Waals surface area contributed by atoms with Crippen LogP contribution in [-0.2, 0) is 9.53 Å². The molecule has 0 radical (unpaired) electrons. The molecule has 0 aromatic rings. The highest BCUT2D eigenvalue weighted by atomic mass is 16.5. The molecule has 4 nitrogen and oxygen atoms in total. The molecule has 9 heavy (non-hydrogen) atoms. The molecule has 2 N–H and O–H groups in total. The molecule has 1 aliphatic heterocycles. The fourth-order valence-electron chi connectivity index (χ4n) is 0.741. The lowest BCUT2D eigenvalue weighted by atomic mass is 10.4. The molecular formula is C5H10N2O2. The zero-order valence-electron chi connectivity index (χ0n) is 5.31. The number of hydrogen-bond donors (Lipinski definition) is 2. The fraction of sp³-hybridized carbons (Fsp3) is 0.800. The molecule has 52 valence electrons. The van der Waals surface area contributed by atoms with Crippen LogP contribution in [0.15, 0.2) is 0 Å². The van der Waals surface area contributed by atoms with Gasteiger partial charge in [0.2, 0.25) is 5.91 Å². The van der Waals surface area contributed by atoms with E-state index < -0.39 is 0 Å². The number of amides is 1. The molecule has 1 aliphatic rings. The second kappa shape index (κ2) is 2.80. The Kier molecular flexibility index (Phi) is 2.02. The minimum absolute atomic E-state index is 0.00639. The zero-order valence-corrected chi connectivity index (χ0v) is 5.31. The molecule has 0 aromatic carbocycles. The van der Waals surface area contributed by atoms with Crippen LogP contribution < -0.4 is 10.6 Å². The molecule has 1 amide bonds. The highest BCUT2D eigenvalue weighted by Gasteiger charge is 2.15. The Labute approximate surface area is 53.6 Å². The summed E-state index contributed by atoms with van der Waals surface area (Å²) in [6, 6.07) is 0. The monoisotopic (exact) mass is 130 g/mol. The standard InChI is InChI=1S/C5H10N2O2/c1-9-5-3-6-2-4(8)7-5/h5-6H,2-3H2,1H3,(H,7,8). The van der Waals surface area contributed by atoms with Crippen molar-refractivity contribution in [2.45, 2.75) is 6.23 Å². The summed E-state index contributed by atoms with van der Waals surface area (Å²) in [6.45, 7) is 1.10. The number of nitrogens with one attached hydrogen (secondary N) is 2. The van der Waals surface area contributed by atoms with Crippen LogP contribution in [0.4, 0.5) is 0 Å². The van der Waals surface area contributed by atoms with Crippen LogP contribution in [0, 0.1) is 0 Å². The molecule has 0 bridgehead atoms. The van der Waals surface area contributed by atoms with E-state index in [2.05, 4.69) is 10.6 Å². The van der Waals surface area contributed by atoms with Gasteiger partial charge in [-0.05, 0) is 0 Å². The first kappa shape index (κ1) is 6.51. The van der Waals surface area contributed by atoms with Gasteiger partial charge in [-0.25, -0.2) is 0 Å². The molecular weight excluding hydrogens is 120 g/mol. The van der Waals surface area contributed by atoms with E-state index in [0.29, 0.717) is 13.1 Å². The van der Waals surface area contributed by atoms with Gasteiger partial charge in [0, 0.05) is 13.7 Å². The van der Waals surface area contributed by atoms with Crippen LogP contribution in [0.3, 0.4) is 0 Å². The average molecular weight is 130 g/mol. The summed E-state index contributed by atoms with van der Waals surface area (Å²) < 4.78 is 4.87. The summed E-state index contributed by atoms with van der Waals surface area (Å²) in [5.41, 5.74) is 0. The van der Waals surface area contributed by atoms with Crippen LogP contribution in [0.25, 0.3) is 0 Å².